The van der Waals surface area contributed by atoms with Crippen molar-refractivity contribution in [2.75, 3.05) is 11.9 Å². The molecule has 1 N–H and O–H groups in total. The molecule has 3 aliphatic rings. The van der Waals surface area contributed by atoms with Gasteiger partial charge in [-0.1, -0.05) is 13.8 Å². The van der Waals surface area contributed by atoms with Crippen LogP contribution in [0, 0.1) is 29.6 Å². The molecule has 2 bridgehead atoms. The highest BCUT2D eigenvalue weighted by Gasteiger charge is 2.63. The van der Waals surface area contributed by atoms with E-state index in [1.54, 1.807) is 24.3 Å². The van der Waals surface area contributed by atoms with Crippen LogP contribution in [0.5, 0.6) is 0 Å². The summed E-state index contributed by atoms with van der Waals surface area (Å²) >= 11 is 0. The van der Waals surface area contributed by atoms with Crippen molar-refractivity contribution in [1.29, 1.82) is 0 Å². The van der Waals surface area contributed by atoms with Crippen LogP contribution in [0.4, 0.5) is 5.69 Å². The number of ether oxygens (including phenoxy) is 2. The first kappa shape index (κ1) is 17.1. The van der Waals surface area contributed by atoms with Crippen molar-refractivity contribution in [2.24, 2.45) is 29.6 Å². The molecule has 1 amide bonds. The van der Waals surface area contributed by atoms with Crippen LogP contribution in [0.3, 0.4) is 0 Å². The molecule has 2 saturated carbocycles. The molecule has 1 aromatic carbocycles. The summed E-state index contributed by atoms with van der Waals surface area (Å²) in [5.74, 6) is -0.595. The Kier molecular flexibility index (Phi) is 4.21. The first-order chi connectivity index (χ1) is 12.4. The Labute approximate surface area is 152 Å². The normalized spacial score (nSPS) is 31.2. The van der Waals surface area contributed by atoms with Crippen molar-refractivity contribution in [3.63, 3.8) is 0 Å². The van der Waals surface area contributed by atoms with E-state index in [1.165, 1.54) is 0 Å². The van der Waals surface area contributed by atoms with E-state index in [2.05, 4.69) is 5.32 Å². The molecule has 5 atom stereocenters. The average molecular weight is 357 g/mol. The number of benzene rings is 1. The number of carbonyl (C=O) groups is 3. The highest BCUT2D eigenvalue weighted by atomic mass is 16.6. The van der Waals surface area contributed by atoms with Crippen LogP contribution in [0.1, 0.15) is 37.0 Å². The smallest absolute Gasteiger partial charge is 0.338 e. The molecule has 3 fully saturated rings. The van der Waals surface area contributed by atoms with Gasteiger partial charge < -0.3 is 14.8 Å². The predicted octanol–water partition coefficient (Wildman–Crippen LogP) is 2.64. The second kappa shape index (κ2) is 6.41. The molecule has 0 aromatic heterocycles. The van der Waals surface area contributed by atoms with Crippen molar-refractivity contribution < 1.29 is 23.9 Å². The molecule has 6 heteroatoms. The number of esters is 2. The van der Waals surface area contributed by atoms with E-state index >= 15 is 0 Å². The van der Waals surface area contributed by atoms with Gasteiger partial charge in [0.2, 0.25) is 5.91 Å². The summed E-state index contributed by atoms with van der Waals surface area (Å²) in [5.41, 5.74) is 1.06. The summed E-state index contributed by atoms with van der Waals surface area (Å²) in [4.78, 5) is 36.7. The quantitative estimate of drug-likeness (QED) is 0.819. The van der Waals surface area contributed by atoms with Gasteiger partial charge in [-0.15, -0.1) is 0 Å². The van der Waals surface area contributed by atoms with Crippen molar-refractivity contribution in [2.45, 2.75) is 32.8 Å². The van der Waals surface area contributed by atoms with Crippen LogP contribution in [0.25, 0.3) is 0 Å². The maximum atomic E-state index is 12.7. The molecule has 1 heterocycles. The number of hydrogen-bond acceptors (Lipinski definition) is 5. The second-order valence-corrected chi connectivity index (χ2v) is 7.98. The van der Waals surface area contributed by atoms with E-state index in [1.807, 2.05) is 13.8 Å². The summed E-state index contributed by atoms with van der Waals surface area (Å²) in [7, 11) is 0. The Bertz CT molecular complexity index is 739. The lowest BCUT2D eigenvalue weighted by molar-refractivity contribution is -0.145. The van der Waals surface area contributed by atoms with Gasteiger partial charge in [0.05, 0.1) is 24.0 Å². The molecule has 2 aliphatic carbocycles. The Hall–Kier alpha value is -2.37. The molecule has 6 nitrogen and oxygen atoms in total. The second-order valence-electron chi connectivity index (χ2n) is 7.98. The molecule has 1 aliphatic heterocycles. The molecule has 26 heavy (non-hydrogen) atoms. The molecular weight excluding hydrogens is 334 g/mol. The maximum Gasteiger partial charge on any atom is 0.338 e. The summed E-state index contributed by atoms with van der Waals surface area (Å²) in [5, 5.41) is 2.89. The van der Waals surface area contributed by atoms with Crippen LogP contribution in [-0.2, 0) is 19.1 Å². The lowest BCUT2D eigenvalue weighted by Gasteiger charge is -2.23. The number of anilines is 1. The average Bonchev–Trinajstić information content (AvgIpc) is 3.22. The van der Waals surface area contributed by atoms with E-state index in [-0.39, 0.29) is 53.5 Å². The molecule has 138 valence electrons. The predicted molar refractivity (Wildman–Crippen MR) is 93.3 cm³/mol. The lowest BCUT2D eigenvalue weighted by Crippen LogP contribution is -2.35. The minimum Gasteiger partial charge on any atom is -0.462 e. The van der Waals surface area contributed by atoms with E-state index in [4.69, 9.17) is 9.47 Å². The molecule has 0 radical (unpaired) electrons. The number of hydrogen-bond donors (Lipinski definition) is 1. The fourth-order valence-corrected chi connectivity index (χ4v) is 4.60. The van der Waals surface area contributed by atoms with Crippen molar-refractivity contribution in [1.82, 2.24) is 0 Å². The van der Waals surface area contributed by atoms with E-state index < -0.39 is 0 Å². The van der Waals surface area contributed by atoms with Crippen LogP contribution >= 0.6 is 0 Å². The third-order valence-electron chi connectivity index (χ3n) is 5.72. The molecule has 4 rings (SSSR count). The number of rotatable bonds is 5. The Morgan fingerprint density at radius 1 is 1.23 bits per heavy atom. The van der Waals surface area contributed by atoms with Gasteiger partial charge in [-0.3, -0.25) is 9.59 Å². The largest absolute Gasteiger partial charge is 0.462 e. The zero-order chi connectivity index (χ0) is 18.4. The van der Waals surface area contributed by atoms with Crippen molar-refractivity contribution in [3.8, 4) is 0 Å². The zero-order valence-corrected chi connectivity index (χ0v) is 14.9. The highest BCUT2D eigenvalue weighted by Crippen LogP contribution is 2.57. The zero-order valence-electron chi connectivity index (χ0n) is 14.9. The Morgan fingerprint density at radius 2 is 1.96 bits per heavy atom. The van der Waals surface area contributed by atoms with Crippen LogP contribution in [0.15, 0.2) is 24.3 Å². The molecule has 1 saturated heterocycles. The van der Waals surface area contributed by atoms with Gasteiger partial charge >= 0.3 is 11.9 Å². The Balaban J connectivity index is 1.39. The molecule has 0 spiro atoms. The standard InChI is InChI=1S/C20H23NO5/c1-10(2)9-25-19(23)11-3-5-13(6-4-11)21-18(22)16-12-7-14-15(8-12)26-20(24)17(14)16/h3-6,10,12,14-17H,7-9H2,1-2H3,(H,21,22)/t12-,14-,15-,16-,17+/m1/s1. The molecular formula is C20H23NO5. The van der Waals surface area contributed by atoms with Crippen LogP contribution in [0.2, 0.25) is 0 Å². The van der Waals surface area contributed by atoms with Gasteiger partial charge in [-0.25, -0.2) is 4.79 Å². The summed E-state index contributed by atoms with van der Waals surface area (Å²) in [6.45, 7) is 4.33. The molecule has 0 unspecified atom stereocenters. The highest BCUT2D eigenvalue weighted by molar-refractivity contribution is 5.97. The van der Waals surface area contributed by atoms with E-state index in [0.29, 0.717) is 17.9 Å². The van der Waals surface area contributed by atoms with Crippen LogP contribution in [-0.4, -0.2) is 30.6 Å². The van der Waals surface area contributed by atoms with E-state index in [0.717, 1.165) is 12.8 Å². The first-order valence-electron chi connectivity index (χ1n) is 9.22. The van der Waals surface area contributed by atoms with Gasteiger partial charge in [0.15, 0.2) is 0 Å². The number of fused-ring (bicyclic) bond motifs is 1. The van der Waals surface area contributed by atoms with Gasteiger partial charge in [-0.2, -0.15) is 0 Å². The summed E-state index contributed by atoms with van der Waals surface area (Å²) in [6.07, 6.45) is 1.73. The minimum absolute atomic E-state index is 0.0256. The SMILES string of the molecule is CC(C)COC(=O)c1ccc(NC(=O)[C@@H]2[C@@H]3C[C@H]4[C@@H]2C(=O)O[C@@H]4C3)cc1. The maximum absolute atomic E-state index is 12.7. The van der Waals surface area contributed by atoms with Gasteiger partial charge in [0.1, 0.15) is 6.10 Å². The number of carbonyl (C=O) groups excluding carboxylic acids is 3. The van der Waals surface area contributed by atoms with Gasteiger partial charge in [0.25, 0.3) is 0 Å². The van der Waals surface area contributed by atoms with E-state index in [9.17, 15) is 14.4 Å². The van der Waals surface area contributed by atoms with Crippen molar-refractivity contribution in [3.05, 3.63) is 29.8 Å². The fourth-order valence-electron chi connectivity index (χ4n) is 4.60. The first-order valence-corrected chi connectivity index (χ1v) is 9.22. The third-order valence-corrected chi connectivity index (χ3v) is 5.72. The van der Waals surface area contributed by atoms with Crippen LogP contribution < -0.4 is 5.32 Å². The minimum atomic E-state index is -0.371. The summed E-state index contributed by atoms with van der Waals surface area (Å²) in [6, 6.07) is 6.65. The van der Waals surface area contributed by atoms with Gasteiger partial charge in [-0.05, 0) is 48.9 Å². The Morgan fingerprint density at radius 3 is 2.65 bits per heavy atom. The topological polar surface area (TPSA) is 81.7 Å². The van der Waals surface area contributed by atoms with Crippen molar-refractivity contribution >= 4 is 23.5 Å². The third kappa shape index (κ3) is 2.87. The lowest BCUT2D eigenvalue weighted by atomic mass is 9.79. The van der Waals surface area contributed by atoms with Gasteiger partial charge in [0, 0.05) is 11.6 Å². The number of nitrogens with one attached hydrogen (secondary N) is 1. The fraction of sp³-hybridized carbons (Fsp3) is 0.550. The molecule has 1 aromatic rings. The monoisotopic (exact) mass is 357 g/mol. The summed E-state index contributed by atoms with van der Waals surface area (Å²) < 4.78 is 10.6. The number of amides is 1.